The summed E-state index contributed by atoms with van der Waals surface area (Å²) in [5.41, 5.74) is 6.78. The van der Waals surface area contributed by atoms with E-state index in [1.165, 1.54) is 0 Å². The molecule has 3 nitrogen and oxygen atoms in total. The first-order chi connectivity index (χ1) is 6.27. The zero-order valence-electron chi connectivity index (χ0n) is 7.51. The average molecular weight is 211 g/mol. The van der Waals surface area contributed by atoms with E-state index in [4.69, 9.17) is 5.73 Å². The van der Waals surface area contributed by atoms with Crippen molar-refractivity contribution in [2.24, 2.45) is 5.73 Å². The molecule has 2 rings (SSSR count). The van der Waals surface area contributed by atoms with E-state index < -0.39 is 0 Å². The summed E-state index contributed by atoms with van der Waals surface area (Å²) in [6, 6.07) is 0. The van der Waals surface area contributed by atoms with Gasteiger partial charge < -0.3 is 10.6 Å². The highest BCUT2D eigenvalue weighted by atomic mass is 35.5. The normalized spacial score (nSPS) is 17.9. The highest BCUT2D eigenvalue weighted by molar-refractivity contribution is 5.95. The molecule has 0 bridgehead atoms. The second-order valence-corrected chi connectivity index (χ2v) is 2.95. The quantitative estimate of drug-likeness (QED) is 0.705. The zero-order valence-corrected chi connectivity index (χ0v) is 8.33. The molecule has 74 valence electrons. The van der Waals surface area contributed by atoms with Crippen LogP contribution in [0.25, 0.3) is 0 Å². The summed E-state index contributed by atoms with van der Waals surface area (Å²) >= 11 is 0. The van der Waals surface area contributed by atoms with Gasteiger partial charge in [0.1, 0.15) is 0 Å². The number of hydrogen-bond donors (Lipinski definition) is 1. The Hall–Kier alpha value is -1.48. The number of halogens is 1. The molecule has 2 aliphatic heterocycles. The molecular formula is C10H11ClN2O. The Morgan fingerprint density at radius 2 is 2.21 bits per heavy atom. The lowest BCUT2D eigenvalue weighted by Gasteiger charge is -2.25. The van der Waals surface area contributed by atoms with Crippen LogP contribution in [-0.4, -0.2) is 17.4 Å². The van der Waals surface area contributed by atoms with Gasteiger partial charge in [0.25, 0.3) is 0 Å². The number of amides is 1. The minimum Gasteiger partial charge on any atom is -0.366 e. The van der Waals surface area contributed by atoms with Crippen molar-refractivity contribution in [3.05, 3.63) is 47.9 Å². The predicted octanol–water partition coefficient (Wildman–Crippen LogP) is 1.10. The van der Waals surface area contributed by atoms with Crippen molar-refractivity contribution in [3.8, 4) is 0 Å². The van der Waals surface area contributed by atoms with Gasteiger partial charge >= 0.3 is 0 Å². The van der Waals surface area contributed by atoms with Crippen molar-refractivity contribution < 1.29 is 4.79 Å². The van der Waals surface area contributed by atoms with Crippen molar-refractivity contribution in [1.29, 1.82) is 0 Å². The molecule has 0 aromatic carbocycles. The van der Waals surface area contributed by atoms with E-state index in [1.54, 1.807) is 6.08 Å². The Morgan fingerprint density at radius 1 is 1.43 bits per heavy atom. The van der Waals surface area contributed by atoms with Gasteiger partial charge in [-0.3, -0.25) is 4.79 Å². The SMILES string of the molecule is Cl.NC(=O)C1=CCN2C=CC=CC2=C1. The number of carbonyl (C=O) groups excluding carboxylic acids is 1. The van der Waals surface area contributed by atoms with Crippen molar-refractivity contribution in [2.75, 3.05) is 6.54 Å². The summed E-state index contributed by atoms with van der Waals surface area (Å²) in [5, 5.41) is 0. The summed E-state index contributed by atoms with van der Waals surface area (Å²) in [6.45, 7) is 0.713. The van der Waals surface area contributed by atoms with Crippen LogP contribution in [0.4, 0.5) is 0 Å². The van der Waals surface area contributed by atoms with Gasteiger partial charge in [0.2, 0.25) is 5.91 Å². The summed E-state index contributed by atoms with van der Waals surface area (Å²) in [6.07, 6.45) is 11.4. The molecule has 0 fully saturated rings. The lowest BCUT2D eigenvalue weighted by molar-refractivity contribution is -0.114. The molecule has 4 heteroatoms. The predicted molar refractivity (Wildman–Crippen MR) is 57.6 cm³/mol. The van der Waals surface area contributed by atoms with E-state index in [0.717, 1.165) is 5.70 Å². The number of allylic oxidation sites excluding steroid dienone is 3. The highest BCUT2D eigenvalue weighted by Gasteiger charge is 2.13. The largest absolute Gasteiger partial charge is 0.366 e. The van der Waals surface area contributed by atoms with Crippen LogP contribution in [0.2, 0.25) is 0 Å². The minimum atomic E-state index is -0.366. The molecule has 0 atom stereocenters. The summed E-state index contributed by atoms with van der Waals surface area (Å²) in [7, 11) is 0. The number of hydrogen-bond acceptors (Lipinski definition) is 2. The maximum Gasteiger partial charge on any atom is 0.248 e. The standard InChI is InChI=1S/C10H10N2O.ClH/c11-10(13)8-4-6-12-5-2-1-3-9(12)7-8;/h1-5,7H,6H2,(H2,11,13);1H. The van der Waals surface area contributed by atoms with E-state index >= 15 is 0 Å². The van der Waals surface area contributed by atoms with Crippen LogP contribution in [0.1, 0.15) is 0 Å². The van der Waals surface area contributed by atoms with Gasteiger partial charge in [0, 0.05) is 24.0 Å². The average Bonchev–Trinajstić information content (AvgIpc) is 2.17. The fourth-order valence-corrected chi connectivity index (χ4v) is 1.37. The first-order valence-electron chi connectivity index (χ1n) is 4.10. The van der Waals surface area contributed by atoms with Crippen LogP contribution < -0.4 is 5.73 Å². The maximum atomic E-state index is 10.9. The van der Waals surface area contributed by atoms with Crippen LogP contribution in [0.3, 0.4) is 0 Å². The number of carbonyl (C=O) groups is 1. The molecule has 14 heavy (non-hydrogen) atoms. The van der Waals surface area contributed by atoms with Crippen LogP contribution in [0, 0.1) is 0 Å². The molecule has 0 saturated carbocycles. The molecule has 0 aromatic rings. The number of nitrogens with two attached hydrogens (primary N) is 1. The Kier molecular flexibility index (Phi) is 3.14. The van der Waals surface area contributed by atoms with Crippen molar-refractivity contribution in [3.63, 3.8) is 0 Å². The molecule has 1 amide bonds. The van der Waals surface area contributed by atoms with E-state index in [1.807, 2.05) is 35.4 Å². The third kappa shape index (κ3) is 1.88. The second-order valence-electron chi connectivity index (χ2n) is 2.95. The van der Waals surface area contributed by atoms with Gasteiger partial charge in [-0.1, -0.05) is 12.2 Å². The van der Waals surface area contributed by atoms with Crippen LogP contribution in [-0.2, 0) is 4.79 Å². The van der Waals surface area contributed by atoms with E-state index in [-0.39, 0.29) is 18.3 Å². The molecule has 0 spiro atoms. The van der Waals surface area contributed by atoms with Gasteiger partial charge in [-0.25, -0.2) is 0 Å². The van der Waals surface area contributed by atoms with Gasteiger partial charge in [-0.2, -0.15) is 0 Å². The molecule has 2 N–H and O–H groups in total. The first kappa shape index (κ1) is 10.6. The van der Waals surface area contributed by atoms with Crippen LogP contribution >= 0.6 is 12.4 Å². The molecule has 0 radical (unpaired) electrons. The van der Waals surface area contributed by atoms with E-state index in [9.17, 15) is 4.79 Å². The van der Waals surface area contributed by atoms with Crippen molar-refractivity contribution in [1.82, 2.24) is 4.90 Å². The smallest absolute Gasteiger partial charge is 0.248 e. The van der Waals surface area contributed by atoms with Crippen molar-refractivity contribution in [2.45, 2.75) is 0 Å². The molecule has 2 aliphatic rings. The molecular weight excluding hydrogens is 200 g/mol. The Balaban J connectivity index is 0.000000980. The van der Waals surface area contributed by atoms with Crippen molar-refractivity contribution >= 4 is 18.3 Å². The van der Waals surface area contributed by atoms with Gasteiger partial charge in [-0.15, -0.1) is 12.4 Å². The van der Waals surface area contributed by atoms with Crippen LogP contribution in [0.15, 0.2) is 47.9 Å². The molecule has 2 heterocycles. The Bertz CT molecular complexity index is 366. The summed E-state index contributed by atoms with van der Waals surface area (Å²) in [4.78, 5) is 12.9. The summed E-state index contributed by atoms with van der Waals surface area (Å²) < 4.78 is 0. The third-order valence-corrected chi connectivity index (χ3v) is 2.07. The number of rotatable bonds is 1. The first-order valence-corrected chi connectivity index (χ1v) is 4.10. The minimum absolute atomic E-state index is 0. The van der Waals surface area contributed by atoms with Gasteiger partial charge in [0.15, 0.2) is 0 Å². The van der Waals surface area contributed by atoms with Gasteiger partial charge in [0.05, 0.1) is 0 Å². The topological polar surface area (TPSA) is 46.3 Å². The zero-order chi connectivity index (χ0) is 9.26. The Labute approximate surface area is 88.7 Å². The monoisotopic (exact) mass is 210 g/mol. The maximum absolute atomic E-state index is 10.9. The lowest BCUT2D eigenvalue weighted by atomic mass is 10.1. The second kappa shape index (κ2) is 4.15. The van der Waals surface area contributed by atoms with Gasteiger partial charge in [-0.05, 0) is 18.2 Å². The number of primary amides is 1. The fourth-order valence-electron chi connectivity index (χ4n) is 1.37. The number of nitrogens with zero attached hydrogens (tertiary/aromatic N) is 1. The van der Waals surface area contributed by atoms with Crippen LogP contribution in [0.5, 0.6) is 0 Å². The fraction of sp³-hybridized carbons (Fsp3) is 0.100. The Morgan fingerprint density at radius 3 is 2.93 bits per heavy atom. The van der Waals surface area contributed by atoms with E-state index in [2.05, 4.69) is 0 Å². The molecule has 0 aliphatic carbocycles. The lowest BCUT2D eigenvalue weighted by Crippen LogP contribution is -2.24. The molecule has 0 saturated heterocycles. The highest BCUT2D eigenvalue weighted by Crippen LogP contribution is 2.18. The third-order valence-electron chi connectivity index (χ3n) is 2.07. The van der Waals surface area contributed by atoms with E-state index in [0.29, 0.717) is 12.1 Å². The molecule has 0 aromatic heterocycles. The molecule has 0 unspecified atom stereocenters. The summed E-state index contributed by atoms with van der Waals surface area (Å²) in [5.74, 6) is -0.366. The number of fused-ring (bicyclic) bond motifs is 1.